The topological polar surface area (TPSA) is 75.7 Å². The lowest BCUT2D eigenvalue weighted by atomic mass is 10.3. The molecule has 0 saturated heterocycles. The second-order valence-electron chi connectivity index (χ2n) is 2.52. The third kappa shape index (κ3) is 2.69. The minimum atomic E-state index is -0.0107. The highest BCUT2D eigenvalue weighted by Crippen LogP contribution is 2.12. The molecule has 1 heterocycles. The molecule has 0 saturated carbocycles. The van der Waals surface area contributed by atoms with Gasteiger partial charge in [0.25, 0.3) is 0 Å². The minimum Gasteiger partial charge on any atom is -0.382 e. The van der Waals surface area contributed by atoms with Crippen molar-refractivity contribution in [2.24, 2.45) is 5.73 Å². The summed E-state index contributed by atoms with van der Waals surface area (Å²) in [5, 5.41) is 7.93. The van der Waals surface area contributed by atoms with Gasteiger partial charge < -0.3 is 5.73 Å². The molecule has 0 spiro atoms. The Morgan fingerprint density at radius 1 is 1.62 bits per heavy atom. The second-order valence-corrected chi connectivity index (χ2v) is 3.76. The van der Waals surface area contributed by atoms with Crippen LogP contribution < -0.4 is 5.73 Å². The summed E-state index contributed by atoms with van der Waals surface area (Å²) in [5.41, 5.74) is 6.68. The highest BCUT2D eigenvalue weighted by atomic mass is 32.2. The molecule has 13 heavy (non-hydrogen) atoms. The average molecular weight is 196 g/mol. The van der Waals surface area contributed by atoms with Gasteiger partial charge in [0.15, 0.2) is 5.16 Å². The predicted molar refractivity (Wildman–Crippen MR) is 54.2 cm³/mol. The Morgan fingerprint density at radius 2 is 2.31 bits per heavy atom. The van der Waals surface area contributed by atoms with Crippen LogP contribution in [0.25, 0.3) is 0 Å². The smallest absolute Gasteiger partial charge is 0.188 e. The molecule has 1 rings (SSSR count). The zero-order valence-electron chi connectivity index (χ0n) is 7.66. The number of hydrogen-bond acceptors (Lipinski definition) is 4. The quantitative estimate of drug-likeness (QED) is 0.329. The van der Waals surface area contributed by atoms with Gasteiger partial charge in [-0.2, -0.15) is 0 Å². The van der Waals surface area contributed by atoms with Crippen molar-refractivity contribution < 1.29 is 0 Å². The number of hydrogen-bond donors (Lipinski definition) is 2. The van der Waals surface area contributed by atoms with Crippen LogP contribution in [0.5, 0.6) is 0 Å². The van der Waals surface area contributed by atoms with Gasteiger partial charge in [-0.3, -0.25) is 5.41 Å². The number of rotatable bonds is 3. The molecule has 1 aromatic rings. The third-order valence-electron chi connectivity index (χ3n) is 1.38. The highest BCUT2D eigenvalue weighted by Gasteiger charge is 2.03. The van der Waals surface area contributed by atoms with E-state index in [-0.39, 0.29) is 5.84 Å². The number of nitrogen functional groups attached to an aromatic ring is 1. The van der Waals surface area contributed by atoms with Gasteiger partial charge in [0.05, 0.1) is 0 Å². The van der Waals surface area contributed by atoms with Crippen LogP contribution in [0.15, 0.2) is 11.2 Å². The van der Waals surface area contributed by atoms with E-state index in [1.165, 1.54) is 0 Å². The first-order chi connectivity index (χ1) is 6.13. The van der Waals surface area contributed by atoms with E-state index in [1.807, 2.05) is 13.8 Å². The second kappa shape index (κ2) is 4.23. The van der Waals surface area contributed by atoms with E-state index in [0.717, 1.165) is 11.4 Å². The molecule has 4 nitrogen and oxygen atoms in total. The van der Waals surface area contributed by atoms with Crippen molar-refractivity contribution in [2.75, 3.05) is 5.75 Å². The van der Waals surface area contributed by atoms with Crippen molar-refractivity contribution in [3.8, 4) is 0 Å². The number of nitrogens with one attached hydrogen (secondary N) is 1. The molecule has 0 fully saturated rings. The fraction of sp³-hybridized carbons (Fsp3) is 0.375. The van der Waals surface area contributed by atoms with E-state index >= 15 is 0 Å². The van der Waals surface area contributed by atoms with Crippen LogP contribution in [-0.2, 0) is 0 Å². The molecule has 0 aliphatic rings. The molecule has 70 valence electrons. The van der Waals surface area contributed by atoms with Crippen LogP contribution >= 0.6 is 11.8 Å². The van der Waals surface area contributed by atoms with Crippen LogP contribution in [0, 0.1) is 12.3 Å². The van der Waals surface area contributed by atoms with Crippen molar-refractivity contribution in [3.05, 3.63) is 17.5 Å². The molecule has 0 atom stereocenters. The molecule has 1 aromatic heterocycles. The summed E-state index contributed by atoms with van der Waals surface area (Å²) in [6, 6.07) is 1.71. The number of aromatic nitrogens is 2. The van der Waals surface area contributed by atoms with Crippen LogP contribution in [0.1, 0.15) is 18.3 Å². The molecule has 5 heteroatoms. The van der Waals surface area contributed by atoms with Gasteiger partial charge in [-0.05, 0) is 18.7 Å². The summed E-state index contributed by atoms with van der Waals surface area (Å²) in [7, 11) is 0. The zero-order valence-corrected chi connectivity index (χ0v) is 8.48. The monoisotopic (exact) mass is 196 g/mol. The van der Waals surface area contributed by atoms with E-state index in [0.29, 0.717) is 10.9 Å². The SMILES string of the molecule is CCSc1nc(C)cc(C(=N)N)n1. The largest absolute Gasteiger partial charge is 0.382 e. The van der Waals surface area contributed by atoms with E-state index in [4.69, 9.17) is 11.1 Å². The number of amidine groups is 1. The zero-order chi connectivity index (χ0) is 9.84. The number of nitrogens with two attached hydrogens (primary N) is 1. The maximum Gasteiger partial charge on any atom is 0.188 e. The Kier molecular flexibility index (Phi) is 3.25. The molecule has 0 aromatic carbocycles. The fourth-order valence-electron chi connectivity index (χ4n) is 0.873. The van der Waals surface area contributed by atoms with Crippen LogP contribution in [0.4, 0.5) is 0 Å². The third-order valence-corrected chi connectivity index (χ3v) is 2.11. The first-order valence-electron chi connectivity index (χ1n) is 3.96. The normalized spacial score (nSPS) is 10.0. The first-order valence-corrected chi connectivity index (χ1v) is 4.95. The lowest BCUT2D eigenvalue weighted by molar-refractivity contribution is 0.922. The van der Waals surface area contributed by atoms with Gasteiger partial charge in [0, 0.05) is 5.69 Å². The van der Waals surface area contributed by atoms with Gasteiger partial charge >= 0.3 is 0 Å². The first kappa shape index (κ1) is 9.98. The number of aryl methyl sites for hydroxylation is 1. The van der Waals surface area contributed by atoms with Crippen LogP contribution in [-0.4, -0.2) is 21.6 Å². The van der Waals surface area contributed by atoms with E-state index < -0.39 is 0 Å². The summed E-state index contributed by atoms with van der Waals surface area (Å²) < 4.78 is 0. The van der Waals surface area contributed by atoms with Crippen LogP contribution in [0.3, 0.4) is 0 Å². The van der Waals surface area contributed by atoms with Crippen LogP contribution in [0.2, 0.25) is 0 Å². The Balaban J connectivity index is 3.03. The van der Waals surface area contributed by atoms with Gasteiger partial charge in [0.2, 0.25) is 0 Å². The highest BCUT2D eigenvalue weighted by molar-refractivity contribution is 7.99. The molecule has 0 amide bonds. The number of nitrogens with zero attached hydrogens (tertiary/aromatic N) is 2. The summed E-state index contributed by atoms with van der Waals surface area (Å²) >= 11 is 1.55. The molecule has 0 aliphatic heterocycles. The van der Waals surface area contributed by atoms with Gasteiger partial charge in [0.1, 0.15) is 11.5 Å². The Morgan fingerprint density at radius 3 is 2.85 bits per heavy atom. The fourth-order valence-corrected chi connectivity index (χ4v) is 1.50. The van der Waals surface area contributed by atoms with Crippen molar-refractivity contribution in [1.29, 1.82) is 5.41 Å². The molecular formula is C8H12N4S. The molecule has 0 radical (unpaired) electrons. The van der Waals surface area contributed by atoms with Crippen molar-refractivity contribution in [3.63, 3.8) is 0 Å². The molecular weight excluding hydrogens is 184 g/mol. The maximum absolute atomic E-state index is 7.24. The summed E-state index contributed by atoms with van der Waals surface area (Å²) in [6.07, 6.45) is 0. The molecule has 0 unspecified atom stereocenters. The summed E-state index contributed by atoms with van der Waals surface area (Å²) in [4.78, 5) is 8.33. The van der Waals surface area contributed by atoms with Gasteiger partial charge in [-0.15, -0.1) is 0 Å². The lowest BCUT2D eigenvalue weighted by Gasteiger charge is -2.02. The lowest BCUT2D eigenvalue weighted by Crippen LogP contribution is -2.14. The average Bonchev–Trinajstić information content (AvgIpc) is 2.03. The van der Waals surface area contributed by atoms with Crippen molar-refractivity contribution >= 4 is 17.6 Å². The van der Waals surface area contributed by atoms with Gasteiger partial charge in [-0.25, -0.2) is 9.97 Å². The van der Waals surface area contributed by atoms with Gasteiger partial charge in [-0.1, -0.05) is 18.7 Å². The van der Waals surface area contributed by atoms with E-state index in [9.17, 15) is 0 Å². The minimum absolute atomic E-state index is 0.0107. The summed E-state index contributed by atoms with van der Waals surface area (Å²) in [5.74, 6) is 0.907. The Labute approximate surface area is 81.5 Å². The number of thioether (sulfide) groups is 1. The predicted octanol–water partition coefficient (Wildman–Crippen LogP) is 1.18. The summed E-state index contributed by atoms with van der Waals surface area (Å²) in [6.45, 7) is 3.90. The molecule has 3 N–H and O–H groups in total. The molecule has 0 aliphatic carbocycles. The van der Waals surface area contributed by atoms with Crippen molar-refractivity contribution in [2.45, 2.75) is 19.0 Å². The maximum atomic E-state index is 7.24. The van der Waals surface area contributed by atoms with E-state index in [2.05, 4.69) is 9.97 Å². The Hall–Kier alpha value is -1.10. The standard InChI is InChI=1S/C8H12N4S/c1-3-13-8-11-5(2)4-6(12-8)7(9)10/h4H,3H2,1-2H3,(H3,9,10). The van der Waals surface area contributed by atoms with Crippen molar-refractivity contribution in [1.82, 2.24) is 9.97 Å². The van der Waals surface area contributed by atoms with E-state index in [1.54, 1.807) is 17.8 Å². The molecule has 0 bridgehead atoms. The Bertz CT molecular complexity index is 324.